The van der Waals surface area contributed by atoms with Crippen molar-refractivity contribution in [3.8, 4) is 5.75 Å². The summed E-state index contributed by atoms with van der Waals surface area (Å²) in [4.78, 5) is 36.2. The molecule has 0 aliphatic carbocycles. The molecule has 0 spiro atoms. The molecule has 4 rings (SSSR count). The first-order valence-electron chi connectivity index (χ1n) is 10.1. The quantitative estimate of drug-likeness (QED) is 0.381. The molecule has 34 heavy (non-hydrogen) atoms. The summed E-state index contributed by atoms with van der Waals surface area (Å²) in [7, 11) is 3.12. The van der Waals surface area contributed by atoms with Gasteiger partial charge in [-0.15, -0.1) is 0 Å². The molecule has 174 valence electrons. The number of pyridine rings is 1. The van der Waals surface area contributed by atoms with E-state index in [1.807, 2.05) is 6.07 Å². The van der Waals surface area contributed by atoms with Crippen LogP contribution in [0, 0.1) is 0 Å². The van der Waals surface area contributed by atoms with Gasteiger partial charge in [0.15, 0.2) is 11.5 Å². The second-order valence-electron chi connectivity index (χ2n) is 7.51. The number of carbonyl (C=O) groups is 1. The van der Waals surface area contributed by atoms with Crippen molar-refractivity contribution in [3.05, 3.63) is 98.0 Å². The zero-order valence-electron chi connectivity index (χ0n) is 18.1. The van der Waals surface area contributed by atoms with Crippen molar-refractivity contribution in [1.82, 2.24) is 19.7 Å². The van der Waals surface area contributed by atoms with Crippen LogP contribution in [0.1, 0.15) is 33.4 Å². The third-order valence-corrected chi connectivity index (χ3v) is 5.96. The van der Waals surface area contributed by atoms with Crippen molar-refractivity contribution in [2.24, 2.45) is 7.05 Å². The number of halogens is 2. The monoisotopic (exact) mass is 499 g/mol. The lowest BCUT2D eigenvalue weighted by Crippen LogP contribution is -2.34. The molecule has 4 aromatic rings. The Morgan fingerprint density at radius 1 is 1.21 bits per heavy atom. The van der Waals surface area contributed by atoms with Crippen molar-refractivity contribution in [2.45, 2.75) is 12.5 Å². The summed E-state index contributed by atoms with van der Waals surface area (Å²) in [5, 5.41) is 14.8. The lowest BCUT2D eigenvalue weighted by Gasteiger charge is -2.31. The fourth-order valence-corrected chi connectivity index (χ4v) is 4.24. The Morgan fingerprint density at radius 2 is 1.94 bits per heavy atom. The van der Waals surface area contributed by atoms with Gasteiger partial charge in [-0.25, -0.2) is 4.98 Å². The number of carbonyl (C=O) groups excluding carboxylic acids is 1. The van der Waals surface area contributed by atoms with Gasteiger partial charge in [-0.3, -0.25) is 19.1 Å². The minimum absolute atomic E-state index is 0.100. The van der Waals surface area contributed by atoms with Crippen molar-refractivity contribution in [3.63, 3.8) is 0 Å². The highest BCUT2D eigenvalue weighted by Crippen LogP contribution is 2.38. The summed E-state index contributed by atoms with van der Waals surface area (Å²) in [6, 6.07) is 9.83. The van der Waals surface area contributed by atoms with Gasteiger partial charge in [0.2, 0.25) is 11.7 Å². The number of nitrogens with zero attached hydrogens (tertiary/aromatic N) is 5. The first-order chi connectivity index (χ1) is 16.3. The maximum Gasteiger partial charge on any atom is 0.297 e. The van der Waals surface area contributed by atoms with Crippen LogP contribution in [-0.4, -0.2) is 37.6 Å². The van der Waals surface area contributed by atoms with Crippen LogP contribution in [0.4, 0.5) is 5.95 Å². The van der Waals surface area contributed by atoms with E-state index in [4.69, 9.17) is 27.7 Å². The number of rotatable bonds is 7. The zero-order valence-corrected chi connectivity index (χ0v) is 19.7. The van der Waals surface area contributed by atoms with Crippen LogP contribution in [0.2, 0.25) is 10.0 Å². The summed E-state index contributed by atoms with van der Waals surface area (Å²) in [5.74, 6) is -1.22. The molecular weight excluding hydrogens is 481 g/mol. The highest BCUT2D eigenvalue weighted by molar-refractivity contribution is 6.36. The predicted octanol–water partition coefficient (Wildman–Crippen LogP) is 3.83. The van der Waals surface area contributed by atoms with Crippen molar-refractivity contribution in [2.75, 3.05) is 11.9 Å². The third kappa shape index (κ3) is 4.40. The van der Waals surface area contributed by atoms with Crippen molar-refractivity contribution < 1.29 is 14.4 Å². The molecule has 0 saturated carbocycles. The Hall–Kier alpha value is -3.69. The average molecular weight is 500 g/mol. The molecule has 0 bridgehead atoms. The highest BCUT2D eigenvalue weighted by Gasteiger charge is 2.30. The number of hydrogen-bond donors (Lipinski definition) is 1. The van der Waals surface area contributed by atoms with E-state index in [1.165, 1.54) is 19.5 Å². The lowest BCUT2D eigenvalue weighted by molar-refractivity contribution is 0.0984. The van der Waals surface area contributed by atoms with E-state index in [-0.39, 0.29) is 18.1 Å². The molecular formula is C23H19Cl2N5O4. The Balaban J connectivity index is 1.86. The van der Waals surface area contributed by atoms with Gasteiger partial charge >= 0.3 is 0 Å². The van der Waals surface area contributed by atoms with Crippen molar-refractivity contribution in [1.29, 1.82) is 0 Å². The number of benzene rings is 1. The SMILES string of the molecule is CN(c1nc(C(=O)Cc2cnoc2)c(O)c(=O)n1C)C(c1ccccn1)c1c(Cl)cccc1Cl. The van der Waals surface area contributed by atoms with E-state index >= 15 is 0 Å². The zero-order chi connectivity index (χ0) is 24.4. The normalized spacial score (nSPS) is 11.9. The minimum Gasteiger partial charge on any atom is -0.501 e. The molecule has 1 unspecified atom stereocenters. The van der Waals surface area contributed by atoms with Crippen LogP contribution < -0.4 is 10.5 Å². The fraction of sp³-hybridized carbons (Fsp3) is 0.174. The van der Waals surface area contributed by atoms with E-state index in [1.54, 1.807) is 48.5 Å². The minimum atomic E-state index is -0.782. The summed E-state index contributed by atoms with van der Waals surface area (Å²) in [5.41, 5.74) is 0.467. The molecule has 1 N–H and O–H groups in total. The molecule has 0 aliphatic rings. The standard InChI is InChI=1S/C23H19Cl2N5O4/c1-29(20(16-8-3-4-9-26-16)18-14(24)6-5-7-15(18)25)23-28-19(21(32)22(33)30(23)2)17(31)10-13-11-27-34-12-13/h3-9,11-12,20,32H,10H2,1-2H3. The maximum absolute atomic E-state index is 12.9. The largest absolute Gasteiger partial charge is 0.501 e. The van der Waals surface area contributed by atoms with Crippen LogP contribution in [0.15, 0.2) is 64.4 Å². The number of anilines is 1. The van der Waals surface area contributed by atoms with E-state index in [0.717, 1.165) is 4.57 Å². The van der Waals surface area contributed by atoms with Gasteiger partial charge in [-0.1, -0.05) is 40.5 Å². The second kappa shape index (κ2) is 9.66. The number of Topliss-reactive ketones (excluding diaryl/α,β-unsaturated/α-hetero) is 1. The fourth-order valence-electron chi connectivity index (χ4n) is 3.64. The number of ketones is 1. The Bertz CT molecular complexity index is 1370. The Morgan fingerprint density at radius 3 is 2.56 bits per heavy atom. The van der Waals surface area contributed by atoms with E-state index < -0.39 is 23.1 Å². The summed E-state index contributed by atoms with van der Waals surface area (Å²) >= 11 is 13.1. The van der Waals surface area contributed by atoms with Gasteiger partial charge in [0.25, 0.3) is 5.56 Å². The average Bonchev–Trinajstić information content (AvgIpc) is 3.33. The van der Waals surface area contributed by atoms with Gasteiger partial charge in [0, 0.05) is 47.9 Å². The molecule has 0 amide bonds. The van der Waals surface area contributed by atoms with Crippen LogP contribution in [0.25, 0.3) is 0 Å². The van der Waals surface area contributed by atoms with Gasteiger partial charge in [-0.05, 0) is 24.3 Å². The molecule has 3 aromatic heterocycles. The smallest absolute Gasteiger partial charge is 0.297 e. The lowest BCUT2D eigenvalue weighted by atomic mass is 10.0. The topological polar surface area (TPSA) is 114 Å². The van der Waals surface area contributed by atoms with E-state index in [0.29, 0.717) is 26.9 Å². The predicted molar refractivity (Wildman–Crippen MR) is 127 cm³/mol. The van der Waals surface area contributed by atoms with E-state index in [9.17, 15) is 14.7 Å². The summed E-state index contributed by atoms with van der Waals surface area (Å²) in [6.07, 6.45) is 4.15. The molecule has 11 heteroatoms. The summed E-state index contributed by atoms with van der Waals surface area (Å²) in [6.45, 7) is 0. The van der Waals surface area contributed by atoms with E-state index in [2.05, 4.69) is 15.1 Å². The van der Waals surface area contributed by atoms with Gasteiger partial charge in [0.1, 0.15) is 12.3 Å². The highest BCUT2D eigenvalue weighted by atomic mass is 35.5. The molecule has 3 heterocycles. The molecule has 1 aromatic carbocycles. The summed E-state index contributed by atoms with van der Waals surface area (Å²) < 4.78 is 5.89. The number of aromatic hydroxyl groups is 1. The third-order valence-electron chi connectivity index (χ3n) is 5.30. The maximum atomic E-state index is 12.9. The van der Waals surface area contributed by atoms with Crippen LogP contribution >= 0.6 is 23.2 Å². The van der Waals surface area contributed by atoms with Crippen LogP contribution in [0.5, 0.6) is 5.75 Å². The van der Waals surface area contributed by atoms with Crippen LogP contribution in [-0.2, 0) is 13.5 Å². The molecule has 9 nitrogen and oxygen atoms in total. The Kier molecular flexibility index (Phi) is 6.67. The molecule has 0 saturated heterocycles. The number of aromatic nitrogens is 4. The first kappa shape index (κ1) is 23.5. The second-order valence-corrected chi connectivity index (χ2v) is 8.32. The van der Waals surface area contributed by atoms with Gasteiger partial charge < -0.3 is 14.5 Å². The van der Waals surface area contributed by atoms with Gasteiger partial charge in [-0.2, -0.15) is 0 Å². The Labute approximate surface area is 204 Å². The molecule has 0 radical (unpaired) electrons. The molecule has 0 aliphatic heterocycles. The van der Waals surface area contributed by atoms with Crippen LogP contribution in [0.3, 0.4) is 0 Å². The van der Waals surface area contributed by atoms with Crippen molar-refractivity contribution >= 4 is 34.9 Å². The first-order valence-corrected chi connectivity index (χ1v) is 10.8. The van der Waals surface area contributed by atoms with Gasteiger partial charge in [0.05, 0.1) is 11.9 Å². The molecule has 1 atom stereocenters. The number of hydrogen-bond acceptors (Lipinski definition) is 8. The molecule has 0 fully saturated rings.